The Morgan fingerprint density at radius 2 is 1.94 bits per heavy atom. The van der Waals surface area contributed by atoms with E-state index in [9.17, 15) is 14.7 Å². The number of carbonyl (C=O) groups is 2. The molecule has 170 valence electrons. The highest BCUT2D eigenvalue weighted by molar-refractivity contribution is 8.26. The van der Waals surface area contributed by atoms with Gasteiger partial charge in [0.05, 0.1) is 18.1 Å². The summed E-state index contributed by atoms with van der Waals surface area (Å²) in [4.78, 5) is 25.4. The fraction of sp³-hybridized carbons (Fsp3) is 0.522. The van der Waals surface area contributed by atoms with Gasteiger partial charge in [-0.25, -0.2) is 4.79 Å². The first-order chi connectivity index (χ1) is 14.8. The molecule has 2 rings (SSSR count). The Labute approximate surface area is 194 Å². The van der Waals surface area contributed by atoms with E-state index >= 15 is 0 Å². The maximum atomic E-state index is 12.6. The van der Waals surface area contributed by atoms with Crippen molar-refractivity contribution in [2.45, 2.75) is 71.4 Å². The van der Waals surface area contributed by atoms with Crippen LogP contribution >= 0.6 is 24.0 Å². The SMILES string of the molecule is CCCCCCC[C@@H](C)Oc1ccc(/C=C2/SC(=S)N([C@H](C)C(=O)O)C2=O)cc1OC. The van der Waals surface area contributed by atoms with Crippen LogP contribution in [0.1, 0.15) is 64.9 Å². The van der Waals surface area contributed by atoms with Crippen molar-refractivity contribution in [3.8, 4) is 11.5 Å². The Balaban J connectivity index is 2.07. The lowest BCUT2D eigenvalue weighted by Gasteiger charge is -2.18. The number of carbonyl (C=O) groups excluding carboxylic acids is 1. The molecule has 1 aliphatic rings. The number of thioether (sulfide) groups is 1. The molecule has 1 aromatic rings. The molecule has 0 unspecified atom stereocenters. The summed E-state index contributed by atoms with van der Waals surface area (Å²) < 4.78 is 11.8. The number of amides is 1. The molecular weight excluding hydrogens is 434 g/mol. The molecule has 0 aromatic heterocycles. The number of ether oxygens (including phenoxy) is 2. The third-order valence-corrected chi connectivity index (χ3v) is 6.43. The number of unbranched alkanes of at least 4 members (excludes halogenated alkanes) is 4. The fourth-order valence-corrected chi connectivity index (χ4v) is 4.68. The van der Waals surface area contributed by atoms with Crippen LogP contribution in [0.5, 0.6) is 11.5 Å². The maximum absolute atomic E-state index is 12.6. The highest BCUT2D eigenvalue weighted by Crippen LogP contribution is 2.36. The summed E-state index contributed by atoms with van der Waals surface area (Å²) in [6.45, 7) is 5.71. The summed E-state index contributed by atoms with van der Waals surface area (Å²) in [6.07, 6.45) is 8.88. The Morgan fingerprint density at radius 1 is 1.23 bits per heavy atom. The van der Waals surface area contributed by atoms with Crippen LogP contribution < -0.4 is 9.47 Å². The van der Waals surface area contributed by atoms with Gasteiger partial charge < -0.3 is 14.6 Å². The average molecular weight is 466 g/mol. The number of benzene rings is 1. The van der Waals surface area contributed by atoms with Crippen molar-refractivity contribution in [1.82, 2.24) is 4.90 Å². The Bertz CT molecular complexity index is 839. The predicted molar refractivity (Wildman–Crippen MR) is 129 cm³/mol. The van der Waals surface area contributed by atoms with Crippen LogP contribution in [0.25, 0.3) is 6.08 Å². The predicted octanol–water partition coefficient (Wildman–Crippen LogP) is 5.50. The zero-order valence-corrected chi connectivity index (χ0v) is 20.2. The van der Waals surface area contributed by atoms with Crippen molar-refractivity contribution in [2.24, 2.45) is 0 Å². The second-order valence-corrected chi connectivity index (χ2v) is 9.28. The van der Waals surface area contributed by atoms with Crippen molar-refractivity contribution in [2.75, 3.05) is 7.11 Å². The van der Waals surface area contributed by atoms with Crippen molar-refractivity contribution in [3.05, 3.63) is 28.7 Å². The summed E-state index contributed by atoms with van der Waals surface area (Å²) >= 11 is 6.30. The van der Waals surface area contributed by atoms with Gasteiger partial charge in [-0.05, 0) is 50.5 Å². The Morgan fingerprint density at radius 3 is 2.58 bits per heavy atom. The quantitative estimate of drug-likeness (QED) is 0.248. The molecule has 0 radical (unpaired) electrons. The van der Waals surface area contributed by atoms with E-state index in [1.165, 1.54) is 32.6 Å². The third kappa shape index (κ3) is 6.97. The Kier molecular flexibility index (Phi) is 9.84. The second-order valence-electron chi connectivity index (χ2n) is 7.61. The summed E-state index contributed by atoms with van der Waals surface area (Å²) in [5.74, 6) is -0.255. The van der Waals surface area contributed by atoms with Crippen LogP contribution in [0.3, 0.4) is 0 Å². The molecule has 1 aromatic carbocycles. The molecule has 2 atom stereocenters. The molecule has 31 heavy (non-hydrogen) atoms. The van der Waals surface area contributed by atoms with Gasteiger partial charge in [0.15, 0.2) is 11.5 Å². The summed E-state index contributed by atoms with van der Waals surface area (Å²) in [5, 5.41) is 9.20. The normalized spacial score (nSPS) is 17.2. The molecule has 1 heterocycles. The number of carboxylic acid groups (broad SMARTS) is 1. The van der Waals surface area contributed by atoms with Crippen LogP contribution in [-0.4, -0.2) is 45.5 Å². The van der Waals surface area contributed by atoms with Gasteiger partial charge in [-0.2, -0.15) is 0 Å². The third-order valence-electron chi connectivity index (χ3n) is 5.10. The lowest BCUT2D eigenvalue weighted by Crippen LogP contribution is -2.41. The van der Waals surface area contributed by atoms with Gasteiger partial charge >= 0.3 is 5.97 Å². The van der Waals surface area contributed by atoms with E-state index in [1.54, 1.807) is 19.3 Å². The van der Waals surface area contributed by atoms with Gasteiger partial charge in [-0.15, -0.1) is 0 Å². The number of carboxylic acids is 1. The monoisotopic (exact) mass is 465 g/mol. The number of hydrogen-bond donors (Lipinski definition) is 1. The van der Waals surface area contributed by atoms with Crippen molar-refractivity contribution in [3.63, 3.8) is 0 Å². The molecule has 8 heteroatoms. The van der Waals surface area contributed by atoms with Gasteiger partial charge in [-0.3, -0.25) is 9.69 Å². The maximum Gasteiger partial charge on any atom is 0.326 e. The van der Waals surface area contributed by atoms with Crippen LogP contribution in [-0.2, 0) is 9.59 Å². The molecule has 6 nitrogen and oxygen atoms in total. The van der Waals surface area contributed by atoms with E-state index in [2.05, 4.69) is 13.8 Å². The zero-order chi connectivity index (χ0) is 23.0. The highest BCUT2D eigenvalue weighted by atomic mass is 32.2. The van der Waals surface area contributed by atoms with E-state index in [0.29, 0.717) is 16.4 Å². The summed E-state index contributed by atoms with van der Waals surface area (Å²) in [7, 11) is 1.58. The smallest absolute Gasteiger partial charge is 0.326 e. The van der Waals surface area contributed by atoms with Crippen LogP contribution in [0.2, 0.25) is 0 Å². The average Bonchev–Trinajstić information content (AvgIpc) is 3.01. The number of aliphatic carboxylic acids is 1. The summed E-state index contributed by atoms with van der Waals surface area (Å²) in [5.41, 5.74) is 0.750. The zero-order valence-electron chi connectivity index (χ0n) is 18.6. The number of methoxy groups -OCH3 is 1. The minimum atomic E-state index is -1.10. The van der Waals surface area contributed by atoms with Crippen molar-refractivity contribution < 1.29 is 24.2 Å². The minimum Gasteiger partial charge on any atom is -0.493 e. The van der Waals surface area contributed by atoms with E-state index in [1.807, 2.05) is 12.1 Å². The number of thiocarbonyl (C=S) groups is 1. The first-order valence-corrected chi connectivity index (χ1v) is 11.9. The topological polar surface area (TPSA) is 76.1 Å². The van der Waals surface area contributed by atoms with E-state index in [-0.39, 0.29) is 10.4 Å². The van der Waals surface area contributed by atoms with Crippen LogP contribution in [0, 0.1) is 0 Å². The summed E-state index contributed by atoms with van der Waals surface area (Å²) in [6, 6.07) is 4.47. The van der Waals surface area contributed by atoms with E-state index < -0.39 is 17.9 Å². The van der Waals surface area contributed by atoms with Crippen molar-refractivity contribution >= 4 is 46.3 Å². The van der Waals surface area contributed by atoms with Crippen molar-refractivity contribution in [1.29, 1.82) is 0 Å². The van der Waals surface area contributed by atoms with Gasteiger partial charge in [0, 0.05) is 0 Å². The molecular formula is C23H31NO5S2. The molecule has 1 fully saturated rings. The van der Waals surface area contributed by atoms with Gasteiger partial charge in [0.1, 0.15) is 10.4 Å². The highest BCUT2D eigenvalue weighted by Gasteiger charge is 2.38. The van der Waals surface area contributed by atoms with E-state index in [4.69, 9.17) is 21.7 Å². The molecule has 1 amide bonds. The molecule has 1 saturated heterocycles. The van der Waals surface area contributed by atoms with Gasteiger partial charge in [0.25, 0.3) is 5.91 Å². The van der Waals surface area contributed by atoms with E-state index in [0.717, 1.165) is 35.1 Å². The largest absolute Gasteiger partial charge is 0.493 e. The number of hydrogen-bond acceptors (Lipinski definition) is 6. The molecule has 0 aliphatic carbocycles. The lowest BCUT2D eigenvalue weighted by atomic mass is 10.1. The molecule has 1 N–H and O–H groups in total. The minimum absolute atomic E-state index is 0.0788. The molecule has 1 aliphatic heterocycles. The first kappa shape index (κ1) is 25.2. The first-order valence-electron chi connectivity index (χ1n) is 10.6. The molecule has 0 spiro atoms. The number of rotatable bonds is 12. The Hall–Kier alpha value is -2.06. The molecule has 0 bridgehead atoms. The second kappa shape index (κ2) is 12.1. The number of nitrogens with zero attached hydrogens (tertiary/aromatic N) is 1. The fourth-order valence-electron chi connectivity index (χ4n) is 3.26. The van der Waals surface area contributed by atoms with Crippen LogP contribution in [0.15, 0.2) is 23.1 Å². The lowest BCUT2D eigenvalue weighted by molar-refractivity contribution is -0.144. The van der Waals surface area contributed by atoms with Gasteiger partial charge in [0.2, 0.25) is 0 Å². The molecule has 0 saturated carbocycles. The van der Waals surface area contributed by atoms with Crippen LogP contribution in [0.4, 0.5) is 0 Å². The van der Waals surface area contributed by atoms with Gasteiger partial charge in [-0.1, -0.05) is 62.7 Å². The standard InChI is InChI=1S/C23H31NO5S2/c1-5-6-7-8-9-10-15(2)29-18-12-11-17(13-19(18)28-4)14-20-21(25)24(23(30)31-20)16(3)22(26)27/h11-16H,5-10H2,1-4H3,(H,26,27)/b20-14+/t15-,16-/m1/s1.